The van der Waals surface area contributed by atoms with Gasteiger partial charge in [0.1, 0.15) is 0 Å². The van der Waals surface area contributed by atoms with Crippen molar-refractivity contribution in [2.24, 2.45) is 0 Å². The largest absolute Gasteiger partial charge is 0.466 e. The van der Waals surface area contributed by atoms with Crippen LogP contribution >= 0.6 is 7.82 Å². The molecule has 0 amide bonds. The Morgan fingerprint density at radius 3 is 1.14 bits per heavy atom. The third kappa shape index (κ3) is 399. The van der Waals surface area contributed by atoms with Gasteiger partial charge >= 0.3 is 7.82 Å². The first-order valence-electron chi connectivity index (χ1n) is 0.783. The molecule has 0 aliphatic heterocycles. The molecule has 0 saturated heterocycles. The van der Waals surface area contributed by atoms with Crippen LogP contribution in [0.4, 0.5) is 0 Å². The summed E-state index contributed by atoms with van der Waals surface area (Å²) in [6.07, 6.45) is 0. The van der Waals surface area contributed by atoms with Gasteiger partial charge in [0.05, 0.1) is 0 Å². The van der Waals surface area contributed by atoms with E-state index in [0.717, 1.165) is 0 Å². The van der Waals surface area contributed by atoms with E-state index in [2.05, 4.69) is 0 Å². The molecule has 5 nitrogen and oxygen atoms in total. The molecule has 6 N–H and O–H groups in total. The van der Waals surface area contributed by atoms with Crippen molar-refractivity contribution < 1.29 is 36.3 Å². The van der Waals surface area contributed by atoms with Crippen LogP contribution in [0.2, 0.25) is 0 Å². The number of hydrogen-bond acceptors (Lipinski definition) is 2. The first-order valence-corrected chi connectivity index (χ1v) is 2.35. The van der Waals surface area contributed by atoms with Gasteiger partial charge in [-0.15, -0.1) is 0 Å². The molecule has 0 bridgehead atoms. The van der Waals surface area contributed by atoms with Crippen molar-refractivity contribution in [2.45, 2.75) is 0 Å². The SMILES string of the molecule is N.O=P(O)(O)O.[Mn]. The zero-order chi connectivity index (χ0) is 4.50. The molecule has 0 aliphatic rings. The maximum atomic E-state index is 8.88. The van der Waals surface area contributed by atoms with E-state index in [1.165, 1.54) is 0 Å². The van der Waals surface area contributed by atoms with Crippen molar-refractivity contribution in [2.75, 3.05) is 0 Å². The van der Waals surface area contributed by atoms with Crippen LogP contribution in [0.3, 0.4) is 0 Å². The van der Waals surface area contributed by atoms with Crippen LogP contribution < -0.4 is 6.15 Å². The number of hydrogen-bond donors (Lipinski definition) is 4. The van der Waals surface area contributed by atoms with E-state index in [1.807, 2.05) is 0 Å². The zero-order valence-corrected chi connectivity index (χ0v) is 5.36. The minimum Gasteiger partial charge on any atom is -0.344 e. The van der Waals surface area contributed by atoms with Crippen LogP contribution in [-0.4, -0.2) is 14.7 Å². The molecule has 1 radical (unpaired) electrons. The van der Waals surface area contributed by atoms with Crippen LogP contribution in [0, 0.1) is 0 Å². The summed E-state index contributed by atoms with van der Waals surface area (Å²) in [5, 5.41) is 0. The Morgan fingerprint density at radius 1 is 1.14 bits per heavy atom. The summed E-state index contributed by atoms with van der Waals surface area (Å²) in [4.78, 5) is 21.6. The molecule has 7 heavy (non-hydrogen) atoms. The van der Waals surface area contributed by atoms with Gasteiger partial charge in [0.15, 0.2) is 0 Å². The predicted octanol–water partition coefficient (Wildman–Crippen LogP) is -0.769. The monoisotopic (exact) mass is 170 g/mol. The van der Waals surface area contributed by atoms with Gasteiger partial charge in [0.2, 0.25) is 0 Å². The van der Waals surface area contributed by atoms with Crippen LogP contribution in [0.15, 0.2) is 0 Å². The van der Waals surface area contributed by atoms with Crippen LogP contribution in [0.25, 0.3) is 0 Å². The second-order valence-corrected chi connectivity index (χ2v) is 1.54. The Morgan fingerprint density at radius 2 is 1.14 bits per heavy atom. The van der Waals surface area contributed by atoms with Gasteiger partial charge in [0.25, 0.3) is 0 Å². The first-order chi connectivity index (χ1) is 2.00. The molecule has 0 rings (SSSR count). The molecule has 0 heterocycles. The van der Waals surface area contributed by atoms with Crippen molar-refractivity contribution >= 4 is 7.82 Å². The molecule has 47 valence electrons. The smallest absolute Gasteiger partial charge is 0.344 e. The predicted molar refractivity (Wildman–Crippen MR) is 19.3 cm³/mol. The van der Waals surface area contributed by atoms with E-state index in [-0.39, 0.29) is 23.2 Å². The van der Waals surface area contributed by atoms with Gasteiger partial charge in [-0.25, -0.2) is 4.57 Å². The standard InChI is InChI=1S/Mn.H3N.H3O4P/c;;1-5(2,3)4/h;1H3;(H3,1,2,3,4). The molecule has 0 unspecified atom stereocenters. The fraction of sp³-hybridized carbons (Fsp3) is 0. The minimum absolute atomic E-state index is 0. The average Bonchev–Trinajstić information content (AvgIpc) is 0.722. The average molecular weight is 170 g/mol. The molecule has 0 aromatic carbocycles. The molecule has 0 aromatic rings. The van der Waals surface area contributed by atoms with E-state index in [9.17, 15) is 0 Å². The van der Waals surface area contributed by atoms with E-state index in [4.69, 9.17) is 19.2 Å². The van der Waals surface area contributed by atoms with Gasteiger partial charge in [0, 0.05) is 17.1 Å². The van der Waals surface area contributed by atoms with Gasteiger partial charge in [-0.05, 0) is 0 Å². The Kier molecular flexibility index (Phi) is 10.6. The molecule has 7 heteroatoms. The van der Waals surface area contributed by atoms with Crippen LogP contribution in [-0.2, 0) is 21.6 Å². The van der Waals surface area contributed by atoms with Gasteiger partial charge in [-0.1, -0.05) is 0 Å². The Bertz CT molecular complexity index is 57.8. The fourth-order valence-corrected chi connectivity index (χ4v) is 0. The molecule has 0 aromatic heterocycles. The van der Waals surface area contributed by atoms with Crippen molar-refractivity contribution in [3.63, 3.8) is 0 Å². The van der Waals surface area contributed by atoms with Crippen molar-refractivity contribution in [3.05, 3.63) is 0 Å². The maximum absolute atomic E-state index is 8.88. The summed E-state index contributed by atoms with van der Waals surface area (Å²) >= 11 is 0. The first kappa shape index (κ1) is 15.6. The molecule has 0 spiro atoms. The Balaban J connectivity index is -0.0000000800. The Hall–Kier alpha value is 0.589. The van der Waals surface area contributed by atoms with Crippen molar-refractivity contribution in [1.29, 1.82) is 0 Å². The normalized spacial score (nSPS) is 8.43. The van der Waals surface area contributed by atoms with E-state index in [0.29, 0.717) is 0 Å². The molecule has 0 atom stereocenters. The molecule has 0 fully saturated rings. The van der Waals surface area contributed by atoms with Gasteiger partial charge in [-0.2, -0.15) is 0 Å². The van der Waals surface area contributed by atoms with E-state index >= 15 is 0 Å². The third-order valence-corrected chi connectivity index (χ3v) is 0. The second kappa shape index (κ2) is 4.74. The second-order valence-electron chi connectivity index (χ2n) is 0.513. The topological polar surface area (TPSA) is 113 Å². The summed E-state index contributed by atoms with van der Waals surface area (Å²) in [7, 11) is -4.64. The molecule has 0 aliphatic carbocycles. The van der Waals surface area contributed by atoms with Crippen molar-refractivity contribution in [1.82, 2.24) is 6.15 Å². The number of rotatable bonds is 0. The summed E-state index contributed by atoms with van der Waals surface area (Å²) in [5.74, 6) is 0. The molecule has 0 saturated carbocycles. The maximum Gasteiger partial charge on any atom is 0.466 e. The van der Waals surface area contributed by atoms with E-state index in [1.54, 1.807) is 0 Å². The minimum atomic E-state index is -4.64. The van der Waals surface area contributed by atoms with Crippen LogP contribution in [0.5, 0.6) is 0 Å². The molecular formula is H6MnNO4P. The Labute approximate surface area is 51.0 Å². The quantitative estimate of drug-likeness (QED) is 0.281. The van der Waals surface area contributed by atoms with Crippen LogP contribution in [0.1, 0.15) is 0 Å². The number of phosphoric acid groups is 1. The van der Waals surface area contributed by atoms with Crippen molar-refractivity contribution in [3.8, 4) is 0 Å². The molecular weight excluding hydrogens is 164 g/mol. The van der Waals surface area contributed by atoms with E-state index < -0.39 is 7.82 Å². The summed E-state index contributed by atoms with van der Waals surface area (Å²) in [5.41, 5.74) is 0. The van der Waals surface area contributed by atoms with Gasteiger partial charge < -0.3 is 20.8 Å². The third-order valence-electron chi connectivity index (χ3n) is 0. The fourth-order valence-electron chi connectivity index (χ4n) is 0. The summed E-state index contributed by atoms with van der Waals surface area (Å²) in [6, 6.07) is 0. The van der Waals surface area contributed by atoms with Gasteiger partial charge in [-0.3, -0.25) is 0 Å². The summed E-state index contributed by atoms with van der Waals surface area (Å²) in [6.45, 7) is 0. The zero-order valence-electron chi connectivity index (χ0n) is 3.28. The summed E-state index contributed by atoms with van der Waals surface area (Å²) < 4.78 is 8.88.